The van der Waals surface area contributed by atoms with E-state index in [9.17, 15) is 18.0 Å². The summed E-state index contributed by atoms with van der Waals surface area (Å²) in [6.07, 6.45) is -0.894. The fraction of sp³-hybridized carbons (Fsp3) is 0.360. The first kappa shape index (κ1) is 23.6. The summed E-state index contributed by atoms with van der Waals surface area (Å²) in [5, 5.41) is 2.95. The van der Waals surface area contributed by atoms with Gasteiger partial charge in [-0.2, -0.15) is 13.2 Å². The molecule has 1 amide bonds. The fourth-order valence-electron chi connectivity index (χ4n) is 3.38. The summed E-state index contributed by atoms with van der Waals surface area (Å²) in [5.74, 6) is 0.550. The molecule has 0 saturated carbocycles. The van der Waals surface area contributed by atoms with E-state index in [1.54, 1.807) is 18.3 Å². The number of aromatic nitrogens is 2. The number of carbonyl (C=O) groups excluding carboxylic acids is 1. The van der Waals surface area contributed by atoms with Gasteiger partial charge in [0.1, 0.15) is 5.82 Å². The first-order chi connectivity index (χ1) is 14.6. The van der Waals surface area contributed by atoms with Crippen LogP contribution in [0.5, 0.6) is 0 Å². The van der Waals surface area contributed by atoms with E-state index in [4.69, 9.17) is 0 Å². The lowest BCUT2D eigenvalue weighted by Gasteiger charge is -2.23. The predicted molar refractivity (Wildman–Crippen MR) is 120 cm³/mol. The average Bonchev–Trinajstić information content (AvgIpc) is 3.16. The first-order valence-electron chi connectivity index (χ1n) is 10.3. The van der Waals surface area contributed by atoms with Gasteiger partial charge in [0.05, 0.1) is 5.56 Å². The van der Waals surface area contributed by atoms with Crippen LogP contribution in [0.4, 0.5) is 13.2 Å². The number of hydrogen-bond acceptors (Lipinski definition) is 2. The minimum Gasteiger partial charge on any atom is -0.347 e. The summed E-state index contributed by atoms with van der Waals surface area (Å²) < 4.78 is 40.9. The Morgan fingerprint density at radius 1 is 0.906 bits per heavy atom. The van der Waals surface area contributed by atoms with Crippen molar-refractivity contribution in [3.8, 4) is 16.8 Å². The molecule has 1 N–H and O–H groups in total. The zero-order chi connectivity index (χ0) is 23.9. The van der Waals surface area contributed by atoms with Crippen LogP contribution in [0.2, 0.25) is 0 Å². The third-order valence-corrected chi connectivity index (χ3v) is 4.80. The van der Waals surface area contributed by atoms with Gasteiger partial charge < -0.3 is 9.88 Å². The number of amides is 1. The van der Waals surface area contributed by atoms with E-state index < -0.39 is 17.3 Å². The molecule has 0 aliphatic carbocycles. The minimum absolute atomic E-state index is 0.248. The van der Waals surface area contributed by atoms with E-state index in [0.717, 1.165) is 18.0 Å². The van der Waals surface area contributed by atoms with E-state index in [-0.39, 0.29) is 11.3 Å². The molecular weight excluding hydrogens is 415 g/mol. The van der Waals surface area contributed by atoms with Crippen molar-refractivity contribution in [1.82, 2.24) is 14.9 Å². The van der Waals surface area contributed by atoms with Gasteiger partial charge in [-0.15, -0.1) is 0 Å². The number of halogens is 3. The van der Waals surface area contributed by atoms with Crippen molar-refractivity contribution in [2.24, 2.45) is 0 Å². The Labute approximate surface area is 186 Å². The fourth-order valence-corrected chi connectivity index (χ4v) is 3.38. The molecular formula is C25H28F3N3O. The van der Waals surface area contributed by atoms with Crippen molar-refractivity contribution in [3.63, 3.8) is 0 Å². The molecule has 0 aliphatic rings. The normalized spacial score (nSPS) is 12.7. The lowest BCUT2D eigenvalue weighted by Crippen LogP contribution is -2.40. The van der Waals surface area contributed by atoms with Crippen LogP contribution in [0.15, 0.2) is 54.9 Å². The summed E-state index contributed by atoms with van der Waals surface area (Å²) >= 11 is 0. The van der Waals surface area contributed by atoms with Gasteiger partial charge in [-0.1, -0.05) is 32.9 Å². The Bertz CT molecular complexity index is 1120. The summed E-state index contributed by atoms with van der Waals surface area (Å²) in [6.45, 7) is 11.8. The second-order valence-corrected chi connectivity index (χ2v) is 9.92. The zero-order valence-corrected chi connectivity index (χ0v) is 19.1. The van der Waals surface area contributed by atoms with E-state index in [1.807, 2.05) is 58.4 Å². The standard InChI is InChI=1S/C25H28F3N3O/c1-23(2,3)22-29-11-12-31(22)20-14-17(13-18(15-20)21(32)30-24(4,5)6)16-7-9-19(10-8-16)25(26,27)28/h7-15H,1-6H3,(H,30,32). The number of nitrogens with zero attached hydrogens (tertiary/aromatic N) is 2. The number of hydrogen-bond donors (Lipinski definition) is 1. The molecule has 0 unspecified atom stereocenters. The number of carbonyl (C=O) groups is 1. The maximum Gasteiger partial charge on any atom is 0.416 e. The van der Waals surface area contributed by atoms with Crippen molar-refractivity contribution in [1.29, 1.82) is 0 Å². The van der Waals surface area contributed by atoms with Gasteiger partial charge in [-0.05, 0) is 62.2 Å². The molecule has 4 nitrogen and oxygen atoms in total. The highest BCUT2D eigenvalue weighted by molar-refractivity contribution is 5.96. The van der Waals surface area contributed by atoms with Crippen molar-refractivity contribution in [2.75, 3.05) is 0 Å². The topological polar surface area (TPSA) is 46.9 Å². The number of rotatable bonds is 3. The predicted octanol–water partition coefficient (Wildman–Crippen LogP) is 6.38. The highest BCUT2D eigenvalue weighted by atomic mass is 19.4. The van der Waals surface area contributed by atoms with Gasteiger partial charge in [0.2, 0.25) is 0 Å². The maximum atomic E-state index is 13.0. The second-order valence-electron chi connectivity index (χ2n) is 9.92. The monoisotopic (exact) mass is 443 g/mol. The highest BCUT2D eigenvalue weighted by Gasteiger charge is 2.30. The Kier molecular flexibility index (Phi) is 5.98. The zero-order valence-electron chi connectivity index (χ0n) is 19.1. The van der Waals surface area contributed by atoms with Crippen molar-refractivity contribution >= 4 is 5.91 Å². The lowest BCUT2D eigenvalue weighted by atomic mass is 9.95. The average molecular weight is 444 g/mol. The Hall–Kier alpha value is -3.09. The second kappa shape index (κ2) is 8.11. The van der Waals surface area contributed by atoms with Crippen LogP contribution in [0.3, 0.4) is 0 Å². The number of benzene rings is 2. The molecule has 7 heteroatoms. The Balaban J connectivity index is 2.16. The molecule has 1 heterocycles. The quantitative estimate of drug-likeness (QED) is 0.510. The molecule has 2 aromatic carbocycles. The van der Waals surface area contributed by atoms with Crippen molar-refractivity contribution < 1.29 is 18.0 Å². The van der Waals surface area contributed by atoms with Crippen LogP contribution in [0, 0.1) is 0 Å². The first-order valence-corrected chi connectivity index (χ1v) is 10.3. The molecule has 0 atom stereocenters. The molecule has 3 rings (SSSR count). The van der Waals surface area contributed by atoms with Crippen LogP contribution in [0.25, 0.3) is 16.8 Å². The number of imidazole rings is 1. The molecule has 170 valence electrons. The van der Waals surface area contributed by atoms with Gasteiger partial charge in [-0.25, -0.2) is 4.98 Å². The van der Waals surface area contributed by atoms with E-state index in [0.29, 0.717) is 22.4 Å². The molecule has 0 radical (unpaired) electrons. The molecule has 0 bridgehead atoms. The Morgan fingerprint density at radius 3 is 2.06 bits per heavy atom. The van der Waals surface area contributed by atoms with Crippen LogP contribution < -0.4 is 5.32 Å². The largest absolute Gasteiger partial charge is 0.416 e. The molecule has 0 fully saturated rings. The van der Waals surface area contributed by atoms with E-state index >= 15 is 0 Å². The van der Waals surface area contributed by atoms with Gasteiger partial charge in [0.15, 0.2) is 0 Å². The van der Waals surface area contributed by atoms with Crippen molar-refractivity contribution in [2.45, 2.75) is 58.7 Å². The van der Waals surface area contributed by atoms with Gasteiger partial charge in [0.25, 0.3) is 5.91 Å². The van der Waals surface area contributed by atoms with Gasteiger partial charge >= 0.3 is 6.18 Å². The summed E-state index contributed by atoms with van der Waals surface area (Å²) in [4.78, 5) is 17.4. The maximum absolute atomic E-state index is 13.0. The SMILES string of the molecule is CC(C)(C)NC(=O)c1cc(-c2ccc(C(F)(F)F)cc2)cc(-n2ccnc2C(C)(C)C)c1. The van der Waals surface area contributed by atoms with Crippen molar-refractivity contribution in [3.05, 3.63) is 71.8 Å². The van der Waals surface area contributed by atoms with Crippen LogP contribution in [-0.2, 0) is 11.6 Å². The number of alkyl halides is 3. The molecule has 32 heavy (non-hydrogen) atoms. The van der Waals surface area contributed by atoms with Crippen LogP contribution >= 0.6 is 0 Å². The molecule has 0 saturated heterocycles. The minimum atomic E-state index is -4.41. The van der Waals surface area contributed by atoms with E-state index in [1.165, 1.54) is 12.1 Å². The van der Waals surface area contributed by atoms with Gasteiger partial charge in [-0.3, -0.25) is 4.79 Å². The number of nitrogens with one attached hydrogen (secondary N) is 1. The summed E-state index contributed by atoms with van der Waals surface area (Å²) in [7, 11) is 0. The van der Waals surface area contributed by atoms with E-state index in [2.05, 4.69) is 10.3 Å². The molecule has 0 aliphatic heterocycles. The smallest absolute Gasteiger partial charge is 0.347 e. The third kappa shape index (κ3) is 5.39. The molecule has 0 spiro atoms. The molecule has 1 aromatic heterocycles. The molecule has 3 aromatic rings. The lowest BCUT2D eigenvalue weighted by molar-refractivity contribution is -0.137. The van der Waals surface area contributed by atoms with Crippen LogP contribution in [-0.4, -0.2) is 21.0 Å². The Morgan fingerprint density at radius 2 is 1.53 bits per heavy atom. The van der Waals surface area contributed by atoms with Gasteiger partial charge in [0, 0.05) is 34.6 Å². The third-order valence-electron chi connectivity index (χ3n) is 4.80. The summed E-state index contributed by atoms with van der Waals surface area (Å²) in [6, 6.07) is 10.3. The van der Waals surface area contributed by atoms with Crippen LogP contribution in [0.1, 0.15) is 63.3 Å². The highest BCUT2D eigenvalue weighted by Crippen LogP contribution is 2.32. The summed E-state index contributed by atoms with van der Waals surface area (Å²) in [5.41, 5.74) is 0.956.